The SMILES string of the molecule is Oc1c2ccsc2c(O)c2ccsc12. The Kier molecular flexibility index (Phi) is 1.51. The van der Waals surface area contributed by atoms with Gasteiger partial charge in [-0.2, -0.15) is 0 Å². The quantitative estimate of drug-likeness (QED) is 0.571. The highest BCUT2D eigenvalue weighted by Gasteiger charge is 2.14. The van der Waals surface area contributed by atoms with E-state index in [1.165, 1.54) is 22.7 Å². The van der Waals surface area contributed by atoms with Crippen molar-refractivity contribution in [1.29, 1.82) is 0 Å². The summed E-state index contributed by atoms with van der Waals surface area (Å²) >= 11 is 2.88. The maximum Gasteiger partial charge on any atom is 0.142 e. The zero-order valence-electron chi connectivity index (χ0n) is 7.02. The Labute approximate surface area is 87.7 Å². The average molecular weight is 222 g/mol. The van der Waals surface area contributed by atoms with Gasteiger partial charge in [-0.25, -0.2) is 0 Å². The molecule has 2 heterocycles. The van der Waals surface area contributed by atoms with Crippen molar-refractivity contribution >= 4 is 42.8 Å². The molecule has 0 aliphatic carbocycles. The number of hydrogen-bond acceptors (Lipinski definition) is 4. The second kappa shape index (κ2) is 2.62. The summed E-state index contributed by atoms with van der Waals surface area (Å²) < 4.78 is 1.52. The molecule has 0 aliphatic heterocycles. The fourth-order valence-corrected chi connectivity index (χ4v) is 3.31. The molecule has 0 unspecified atom stereocenters. The topological polar surface area (TPSA) is 40.5 Å². The molecule has 2 N–H and O–H groups in total. The van der Waals surface area contributed by atoms with Crippen LogP contribution < -0.4 is 0 Å². The Hall–Kier alpha value is -1.26. The van der Waals surface area contributed by atoms with Gasteiger partial charge in [-0.05, 0) is 22.9 Å². The molecule has 0 radical (unpaired) electrons. The van der Waals surface area contributed by atoms with Gasteiger partial charge >= 0.3 is 0 Å². The summed E-state index contributed by atoms with van der Waals surface area (Å²) in [6, 6.07) is 3.66. The van der Waals surface area contributed by atoms with Crippen LogP contribution in [0.5, 0.6) is 11.5 Å². The molecular weight excluding hydrogens is 216 g/mol. The maximum absolute atomic E-state index is 9.92. The number of hydrogen-bond donors (Lipinski definition) is 2. The molecule has 0 bridgehead atoms. The highest BCUT2D eigenvalue weighted by Crippen LogP contribution is 2.45. The van der Waals surface area contributed by atoms with Crippen LogP contribution in [0.25, 0.3) is 20.2 Å². The number of aromatic hydroxyl groups is 2. The van der Waals surface area contributed by atoms with Gasteiger partial charge in [0.25, 0.3) is 0 Å². The minimum absolute atomic E-state index is 0.282. The first-order valence-corrected chi connectivity index (χ1v) is 5.83. The molecule has 0 aliphatic rings. The van der Waals surface area contributed by atoms with Crippen molar-refractivity contribution in [3.8, 4) is 11.5 Å². The zero-order valence-corrected chi connectivity index (χ0v) is 8.65. The first-order valence-electron chi connectivity index (χ1n) is 4.07. The molecule has 0 spiro atoms. The molecule has 3 aromatic rings. The molecule has 0 saturated carbocycles. The van der Waals surface area contributed by atoms with Crippen LogP contribution in [0.2, 0.25) is 0 Å². The fraction of sp³-hybridized carbons (Fsp3) is 0. The van der Waals surface area contributed by atoms with Gasteiger partial charge in [-0.1, -0.05) is 0 Å². The maximum atomic E-state index is 9.92. The molecule has 0 saturated heterocycles. The summed E-state index contributed by atoms with van der Waals surface area (Å²) in [4.78, 5) is 0. The fourth-order valence-electron chi connectivity index (χ4n) is 1.60. The van der Waals surface area contributed by atoms with E-state index in [1.54, 1.807) is 0 Å². The van der Waals surface area contributed by atoms with Gasteiger partial charge in [0.15, 0.2) is 0 Å². The van der Waals surface area contributed by atoms with Crippen molar-refractivity contribution in [3.63, 3.8) is 0 Å². The zero-order chi connectivity index (χ0) is 9.71. The minimum atomic E-state index is 0.282. The lowest BCUT2D eigenvalue weighted by Gasteiger charge is -2.00. The predicted octanol–water partition coefficient (Wildman–Crippen LogP) is 3.53. The third-order valence-electron chi connectivity index (χ3n) is 2.27. The van der Waals surface area contributed by atoms with Crippen molar-refractivity contribution in [2.45, 2.75) is 0 Å². The number of thiophene rings is 2. The molecule has 2 aromatic heterocycles. The Morgan fingerprint density at radius 2 is 1.21 bits per heavy atom. The molecular formula is C10H6O2S2. The molecule has 70 valence electrons. The number of rotatable bonds is 0. The van der Waals surface area contributed by atoms with E-state index in [0.717, 1.165) is 20.2 Å². The highest BCUT2D eigenvalue weighted by molar-refractivity contribution is 7.19. The van der Waals surface area contributed by atoms with Crippen molar-refractivity contribution in [2.24, 2.45) is 0 Å². The summed E-state index contributed by atoms with van der Waals surface area (Å²) in [7, 11) is 0. The molecule has 14 heavy (non-hydrogen) atoms. The summed E-state index contributed by atoms with van der Waals surface area (Å²) in [5.41, 5.74) is 0. The van der Waals surface area contributed by atoms with Gasteiger partial charge in [-0.15, -0.1) is 22.7 Å². The molecule has 0 fully saturated rings. The monoisotopic (exact) mass is 222 g/mol. The van der Waals surface area contributed by atoms with Gasteiger partial charge in [0.1, 0.15) is 11.5 Å². The highest BCUT2D eigenvalue weighted by atomic mass is 32.1. The second-order valence-corrected chi connectivity index (χ2v) is 4.86. The van der Waals surface area contributed by atoms with Gasteiger partial charge in [0.2, 0.25) is 0 Å². The Bertz CT molecular complexity index is 519. The average Bonchev–Trinajstić information content (AvgIpc) is 2.82. The summed E-state index contributed by atoms with van der Waals surface area (Å²) in [6.07, 6.45) is 0. The molecule has 0 amide bonds. The van der Waals surface area contributed by atoms with Crippen molar-refractivity contribution in [2.75, 3.05) is 0 Å². The van der Waals surface area contributed by atoms with E-state index >= 15 is 0 Å². The van der Waals surface area contributed by atoms with E-state index in [-0.39, 0.29) is 11.5 Å². The van der Waals surface area contributed by atoms with Crippen LogP contribution >= 0.6 is 22.7 Å². The lowest BCUT2D eigenvalue weighted by molar-refractivity contribution is 0.480. The number of phenols is 2. The van der Waals surface area contributed by atoms with Crippen LogP contribution in [-0.4, -0.2) is 10.2 Å². The van der Waals surface area contributed by atoms with Crippen LogP contribution in [0.15, 0.2) is 22.9 Å². The van der Waals surface area contributed by atoms with Crippen molar-refractivity contribution < 1.29 is 10.2 Å². The van der Waals surface area contributed by atoms with Gasteiger partial charge in [-0.3, -0.25) is 0 Å². The number of benzene rings is 1. The summed E-state index contributed by atoms with van der Waals surface area (Å²) in [5, 5.41) is 25.1. The Morgan fingerprint density at radius 3 is 1.64 bits per heavy atom. The lowest BCUT2D eigenvalue weighted by Crippen LogP contribution is -1.71. The van der Waals surface area contributed by atoms with Crippen molar-refractivity contribution in [3.05, 3.63) is 22.9 Å². The molecule has 2 nitrogen and oxygen atoms in total. The van der Waals surface area contributed by atoms with E-state index < -0.39 is 0 Å². The van der Waals surface area contributed by atoms with Gasteiger partial charge in [0.05, 0.1) is 9.40 Å². The molecule has 0 atom stereocenters. The van der Waals surface area contributed by atoms with Crippen molar-refractivity contribution in [1.82, 2.24) is 0 Å². The molecule has 3 rings (SSSR count). The normalized spacial score (nSPS) is 11.4. The van der Waals surface area contributed by atoms with Crippen LogP contribution in [0.4, 0.5) is 0 Å². The van der Waals surface area contributed by atoms with E-state index in [1.807, 2.05) is 22.9 Å². The van der Waals surface area contributed by atoms with E-state index in [9.17, 15) is 10.2 Å². The largest absolute Gasteiger partial charge is 0.506 e. The molecule has 1 aromatic carbocycles. The smallest absolute Gasteiger partial charge is 0.142 e. The van der Waals surface area contributed by atoms with Crippen LogP contribution in [0.1, 0.15) is 0 Å². The third kappa shape index (κ3) is 0.844. The van der Waals surface area contributed by atoms with E-state index in [0.29, 0.717) is 0 Å². The second-order valence-electron chi connectivity index (χ2n) is 3.02. The van der Waals surface area contributed by atoms with Crippen LogP contribution in [0.3, 0.4) is 0 Å². The first kappa shape index (κ1) is 8.08. The Balaban J connectivity index is 2.72. The van der Waals surface area contributed by atoms with E-state index in [2.05, 4.69) is 0 Å². The van der Waals surface area contributed by atoms with E-state index in [4.69, 9.17) is 0 Å². The third-order valence-corrected chi connectivity index (χ3v) is 4.11. The minimum Gasteiger partial charge on any atom is -0.506 e. The van der Waals surface area contributed by atoms with Gasteiger partial charge < -0.3 is 10.2 Å². The standard InChI is InChI=1S/C10H6O2S2/c11-7-5-1-3-13-9(5)8(12)6-2-4-14-10(6)7/h1-4,11-12H. The predicted molar refractivity (Wildman–Crippen MR) is 60.5 cm³/mol. The lowest BCUT2D eigenvalue weighted by atomic mass is 10.2. The molecule has 4 heteroatoms. The van der Waals surface area contributed by atoms with Crippen LogP contribution in [0, 0.1) is 0 Å². The number of phenolic OH excluding ortho intramolecular Hbond substituents is 2. The first-order chi connectivity index (χ1) is 6.79. The summed E-state index contributed by atoms with van der Waals surface area (Å²) in [5.74, 6) is 0.563. The van der Waals surface area contributed by atoms with Crippen LogP contribution in [-0.2, 0) is 0 Å². The Morgan fingerprint density at radius 1 is 0.786 bits per heavy atom. The summed E-state index contributed by atoms with van der Waals surface area (Å²) in [6.45, 7) is 0. The van der Waals surface area contributed by atoms with Gasteiger partial charge in [0, 0.05) is 10.8 Å². The number of fused-ring (bicyclic) bond motifs is 2.